The predicted molar refractivity (Wildman–Crippen MR) is 247 cm³/mol. The fourth-order valence-corrected chi connectivity index (χ4v) is 8.60. The number of hydrogen-bond acceptors (Lipinski definition) is 11. The Bertz CT molecular complexity index is 1200. The first-order valence-electron chi connectivity index (χ1n) is 25.2. The minimum atomic E-state index is -4.60. The monoisotopic (exact) mass is 905 g/mol. The third-order valence-electron chi connectivity index (χ3n) is 11.8. The number of aliphatic hydroxyl groups is 3. The minimum absolute atomic E-state index is 0.167. The maximum Gasteiger partial charge on any atom is 0.306 e. The number of esters is 2. The van der Waals surface area contributed by atoms with Gasteiger partial charge in [0.2, 0.25) is 0 Å². The van der Waals surface area contributed by atoms with Crippen LogP contribution in [0.5, 0.6) is 0 Å². The summed E-state index contributed by atoms with van der Waals surface area (Å²) in [4.78, 5) is 25.5. The van der Waals surface area contributed by atoms with Gasteiger partial charge in [0.25, 0.3) is 10.1 Å². The van der Waals surface area contributed by atoms with Crippen molar-refractivity contribution in [2.45, 2.75) is 269 Å². The van der Waals surface area contributed by atoms with Gasteiger partial charge in [-0.2, -0.15) is 8.42 Å². The molecule has 0 saturated carbocycles. The Morgan fingerprint density at radius 1 is 0.532 bits per heavy atom. The molecule has 0 amide bonds. The molecule has 6 unspecified atom stereocenters. The summed E-state index contributed by atoms with van der Waals surface area (Å²) in [6, 6.07) is 0. The van der Waals surface area contributed by atoms with Gasteiger partial charge in [-0.1, -0.05) is 193 Å². The van der Waals surface area contributed by atoms with Crippen molar-refractivity contribution < 1.29 is 56.8 Å². The maximum atomic E-state index is 12.9. The summed E-state index contributed by atoms with van der Waals surface area (Å²) in [7, 11) is -4.60. The molecule has 13 heteroatoms. The molecule has 1 aliphatic heterocycles. The molecule has 1 heterocycles. The molecular weight excluding hydrogens is 813 g/mol. The van der Waals surface area contributed by atoms with E-state index < -0.39 is 71.2 Å². The van der Waals surface area contributed by atoms with Crippen LogP contribution in [0.2, 0.25) is 0 Å². The van der Waals surface area contributed by atoms with E-state index >= 15 is 0 Å². The molecule has 366 valence electrons. The lowest BCUT2D eigenvalue weighted by molar-refractivity contribution is -0.297. The number of rotatable bonds is 43. The molecule has 0 aromatic carbocycles. The first kappa shape index (κ1) is 58.4. The van der Waals surface area contributed by atoms with Gasteiger partial charge in [-0.25, -0.2) is 0 Å². The van der Waals surface area contributed by atoms with Gasteiger partial charge >= 0.3 is 11.9 Å². The van der Waals surface area contributed by atoms with Crippen molar-refractivity contribution in [3.05, 3.63) is 12.2 Å². The molecule has 0 aromatic rings. The van der Waals surface area contributed by atoms with E-state index in [1.54, 1.807) is 0 Å². The van der Waals surface area contributed by atoms with Crippen LogP contribution in [0.4, 0.5) is 0 Å². The standard InChI is InChI=1S/C49H92O12S/c1-3-5-7-9-11-13-15-17-19-20-21-22-24-26-28-30-32-34-36-38-45(51)60-42(40-59-49-48(54)47(53)46(52)43(61-49)41-62(55,56)57)39-58-44(50)37-35-33-31-29-27-25-23-18-16-14-12-10-8-6-4-2/h17,19,42-43,46-49,52-54H,3-16,18,20-41H2,1-2H3,(H,55,56,57)/b19-17-. The van der Waals surface area contributed by atoms with Crippen LogP contribution < -0.4 is 0 Å². The Morgan fingerprint density at radius 3 is 1.34 bits per heavy atom. The number of hydrogen-bond donors (Lipinski definition) is 4. The third kappa shape index (κ3) is 33.8. The zero-order chi connectivity index (χ0) is 45.5. The molecule has 1 saturated heterocycles. The van der Waals surface area contributed by atoms with Gasteiger partial charge in [-0.15, -0.1) is 0 Å². The Hall–Kier alpha value is -1.61. The van der Waals surface area contributed by atoms with Gasteiger partial charge in [-0.05, 0) is 38.5 Å². The van der Waals surface area contributed by atoms with Crippen molar-refractivity contribution >= 4 is 22.1 Å². The highest BCUT2D eigenvalue weighted by atomic mass is 32.2. The lowest BCUT2D eigenvalue weighted by Gasteiger charge is -2.40. The summed E-state index contributed by atoms with van der Waals surface area (Å²) in [5.41, 5.74) is 0. The number of carbonyl (C=O) groups is 2. The van der Waals surface area contributed by atoms with E-state index in [4.69, 9.17) is 18.9 Å². The van der Waals surface area contributed by atoms with E-state index in [2.05, 4.69) is 26.0 Å². The van der Waals surface area contributed by atoms with Gasteiger partial charge in [-0.3, -0.25) is 14.1 Å². The van der Waals surface area contributed by atoms with Crippen LogP contribution in [0, 0.1) is 0 Å². The van der Waals surface area contributed by atoms with Crippen LogP contribution in [-0.4, -0.2) is 96.0 Å². The van der Waals surface area contributed by atoms with Crippen molar-refractivity contribution in [2.24, 2.45) is 0 Å². The second-order valence-corrected chi connectivity index (χ2v) is 19.3. The number of unbranched alkanes of at least 4 members (excludes halogenated alkanes) is 29. The number of allylic oxidation sites excluding steroid dienone is 2. The Balaban J connectivity index is 2.38. The molecule has 0 aliphatic carbocycles. The van der Waals surface area contributed by atoms with Crippen LogP contribution in [0.1, 0.15) is 232 Å². The smallest absolute Gasteiger partial charge is 0.306 e. The van der Waals surface area contributed by atoms with Crippen molar-refractivity contribution in [1.82, 2.24) is 0 Å². The second kappa shape index (κ2) is 39.7. The van der Waals surface area contributed by atoms with Crippen LogP contribution in [-0.2, 0) is 38.7 Å². The molecule has 1 rings (SSSR count). The highest BCUT2D eigenvalue weighted by Crippen LogP contribution is 2.24. The number of aliphatic hydroxyl groups excluding tert-OH is 3. The molecule has 1 aliphatic rings. The van der Waals surface area contributed by atoms with E-state index in [-0.39, 0.29) is 19.4 Å². The highest BCUT2D eigenvalue weighted by Gasteiger charge is 2.46. The zero-order valence-electron chi connectivity index (χ0n) is 39.2. The first-order valence-corrected chi connectivity index (χ1v) is 26.9. The summed E-state index contributed by atoms with van der Waals surface area (Å²) >= 11 is 0. The second-order valence-electron chi connectivity index (χ2n) is 17.8. The fourth-order valence-electron chi connectivity index (χ4n) is 7.91. The Morgan fingerprint density at radius 2 is 0.919 bits per heavy atom. The average Bonchev–Trinajstić information content (AvgIpc) is 3.24. The molecule has 4 N–H and O–H groups in total. The van der Waals surface area contributed by atoms with E-state index in [9.17, 15) is 37.9 Å². The van der Waals surface area contributed by atoms with Crippen LogP contribution in [0.3, 0.4) is 0 Å². The Labute approximate surface area is 377 Å². The summed E-state index contributed by atoms with van der Waals surface area (Å²) < 4.78 is 54.2. The lowest BCUT2D eigenvalue weighted by atomic mass is 10.00. The molecule has 6 atom stereocenters. The molecule has 0 spiro atoms. The van der Waals surface area contributed by atoms with Crippen LogP contribution in [0.15, 0.2) is 12.2 Å². The third-order valence-corrected chi connectivity index (χ3v) is 12.6. The zero-order valence-corrected chi connectivity index (χ0v) is 40.1. The fraction of sp³-hybridized carbons (Fsp3) is 0.918. The summed E-state index contributed by atoms with van der Waals surface area (Å²) in [5.74, 6) is -1.97. The van der Waals surface area contributed by atoms with Crippen molar-refractivity contribution in [2.75, 3.05) is 19.0 Å². The van der Waals surface area contributed by atoms with E-state index in [1.165, 1.54) is 154 Å². The van der Waals surface area contributed by atoms with Crippen LogP contribution in [0.25, 0.3) is 0 Å². The van der Waals surface area contributed by atoms with Crippen LogP contribution >= 0.6 is 0 Å². The highest BCUT2D eigenvalue weighted by molar-refractivity contribution is 7.85. The summed E-state index contributed by atoms with van der Waals surface area (Å²) in [5, 5.41) is 30.9. The van der Waals surface area contributed by atoms with Crippen molar-refractivity contribution in [3.8, 4) is 0 Å². The molecule has 12 nitrogen and oxygen atoms in total. The average molecular weight is 905 g/mol. The van der Waals surface area contributed by atoms with Crippen molar-refractivity contribution in [3.63, 3.8) is 0 Å². The quantitative estimate of drug-likeness (QED) is 0.0197. The van der Waals surface area contributed by atoms with Gasteiger partial charge in [0, 0.05) is 12.8 Å². The molecule has 0 radical (unpaired) electrons. The summed E-state index contributed by atoms with van der Waals surface area (Å²) in [6.07, 6.45) is 33.9. The molecule has 62 heavy (non-hydrogen) atoms. The van der Waals surface area contributed by atoms with Gasteiger partial charge < -0.3 is 34.3 Å². The van der Waals surface area contributed by atoms with E-state index in [1.807, 2.05) is 0 Å². The Kier molecular flexibility index (Phi) is 37.4. The van der Waals surface area contributed by atoms with E-state index in [0.29, 0.717) is 12.8 Å². The molecular formula is C49H92O12S. The predicted octanol–water partition coefficient (Wildman–Crippen LogP) is 11.0. The van der Waals surface area contributed by atoms with Crippen molar-refractivity contribution in [1.29, 1.82) is 0 Å². The lowest BCUT2D eigenvalue weighted by Crippen LogP contribution is -2.60. The minimum Gasteiger partial charge on any atom is -0.462 e. The largest absolute Gasteiger partial charge is 0.462 e. The maximum absolute atomic E-state index is 12.9. The topological polar surface area (TPSA) is 186 Å². The van der Waals surface area contributed by atoms with Gasteiger partial charge in [0.15, 0.2) is 12.4 Å². The molecule has 1 fully saturated rings. The number of ether oxygens (including phenoxy) is 4. The van der Waals surface area contributed by atoms with E-state index in [0.717, 1.165) is 38.5 Å². The molecule has 0 bridgehead atoms. The number of carbonyl (C=O) groups excluding carboxylic acids is 2. The first-order chi connectivity index (χ1) is 30.0. The molecule has 0 aromatic heterocycles. The van der Waals surface area contributed by atoms with Gasteiger partial charge in [0.1, 0.15) is 36.8 Å². The SMILES string of the molecule is CCCCCCCC/C=C\CCCCCCCCCCCC(=O)OC(COC(=O)CCCCCCCCCCCCCCCCC)COC1OC(CS(=O)(=O)O)C(O)C(O)C1O. The van der Waals surface area contributed by atoms with Gasteiger partial charge in [0.05, 0.1) is 6.61 Å². The normalized spacial score (nSPS) is 19.9. The summed E-state index contributed by atoms with van der Waals surface area (Å²) in [6.45, 7) is 3.79.